The smallest absolute Gasteiger partial charge is 0.159 e. The summed E-state index contributed by atoms with van der Waals surface area (Å²) in [7, 11) is 0. The Morgan fingerprint density at radius 1 is 1.47 bits per heavy atom. The highest BCUT2D eigenvalue weighted by molar-refractivity contribution is 7.80. The summed E-state index contributed by atoms with van der Waals surface area (Å²) in [4.78, 5) is 3.00. The van der Waals surface area contributed by atoms with E-state index in [9.17, 15) is 0 Å². The van der Waals surface area contributed by atoms with Gasteiger partial charge < -0.3 is 11.1 Å². The van der Waals surface area contributed by atoms with Crippen molar-refractivity contribution in [2.75, 3.05) is 5.32 Å². The lowest BCUT2D eigenvalue weighted by Crippen LogP contribution is -2.22. The number of hydrogen-bond donors (Lipinski definition) is 2. The molecule has 0 radical (unpaired) electrons. The highest BCUT2D eigenvalue weighted by Gasteiger charge is 2.11. The summed E-state index contributed by atoms with van der Waals surface area (Å²) in [6.45, 7) is 4.22. The predicted octanol–water partition coefficient (Wildman–Crippen LogP) is 2.52. The lowest BCUT2D eigenvalue weighted by Gasteiger charge is -2.15. The minimum atomic E-state index is 0.239. The van der Waals surface area contributed by atoms with Crippen molar-refractivity contribution < 1.29 is 0 Å². The molecule has 1 unspecified atom stereocenters. The van der Waals surface area contributed by atoms with E-state index in [-0.39, 0.29) is 6.04 Å². The molecule has 0 aliphatic carbocycles. The van der Waals surface area contributed by atoms with Gasteiger partial charge in [-0.05, 0) is 32.0 Å². The lowest BCUT2D eigenvalue weighted by atomic mass is 10.2. The van der Waals surface area contributed by atoms with Crippen LogP contribution in [-0.4, -0.2) is 21.2 Å². The summed E-state index contributed by atoms with van der Waals surface area (Å²) in [5, 5.41) is 11.2. The topological polar surface area (TPSA) is 63.8 Å². The molecule has 19 heavy (non-hydrogen) atoms. The normalized spacial score (nSPS) is 12.1. The average molecular weight is 292 g/mol. The second-order valence-corrected chi connectivity index (χ2v) is 6.23. The molecule has 2 heterocycles. The minimum Gasteiger partial charge on any atom is -0.389 e. The number of hydrogen-bond acceptors (Lipinski definition) is 5. The van der Waals surface area contributed by atoms with Gasteiger partial charge in [0.05, 0.1) is 11.8 Å². The quantitative estimate of drug-likeness (QED) is 0.829. The number of nitrogens with one attached hydrogen (secondary N) is 1. The molecule has 0 aromatic carbocycles. The van der Waals surface area contributed by atoms with E-state index in [2.05, 4.69) is 41.5 Å². The molecule has 4 nitrogen and oxygen atoms in total. The van der Waals surface area contributed by atoms with Crippen LogP contribution in [0.5, 0.6) is 0 Å². The van der Waals surface area contributed by atoms with E-state index in [1.807, 2.05) is 11.3 Å². The van der Waals surface area contributed by atoms with Gasteiger partial charge in [-0.3, -0.25) is 0 Å². The number of aryl methyl sites for hydroxylation is 1. The molecule has 1 atom stereocenters. The van der Waals surface area contributed by atoms with Gasteiger partial charge >= 0.3 is 0 Å². The van der Waals surface area contributed by atoms with Gasteiger partial charge in [0.1, 0.15) is 4.99 Å². The van der Waals surface area contributed by atoms with Crippen molar-refractivity contribution >= 4 is 34.4 Å². The molecule has 0 aliphatic rings. The van der Waals surface area contributed by atoms with Crippen LogP contribution in [0.3, 0.4) is 0 Å². The highest BCUT2D eigenvalue weighted by Crippen LogP contribution is 2.18. The molecule has 2 aromatic rings. The zero-order valence-electron chi connectivity index (χ0n) is 10.9. The van der Waals surface area contributed by atoms with Crippen molar-refractivity contribution in [3.63, 3.8) is 0 Å². The van der Waals surface area contributed by atoms with Crippen LogP contribution in [0.2, 0.25) is 0 Å². The third-order valence-electron chi connectivity index (χ3n) is 2.67. The molecule has 0 amide bonds. The van der Waals surface area contributed by atoms with Gasteiger partial charge in [0, 0.05) is 22.2 Å². The van der Waals surface area contributed by atoms with Crippen molar-refractivity contribution in [1.82, 2.24) is 10.2 Å². The fourth-order valence-electron chi connectivity index (χ4n) is 1.82. The van der Waals surface area contributed by atoms with Crippen LogP contribution in [0, 0.1) is 6.92 Å². The molecule has 0 saturated carbocycles. The number of anilines is 1. The van der Waals surface area contributed by atoms with Crippen molar-refractivity contribution in [2.45, 2.75) is 26.3 Å². The Hall–Kier alpha value is -1.53. The van der Waals surface area contributed by atoms with Crippen LogP contribution in [0.4, 0.5) is 5.82 Å². The average Bonchev–Trinajstić information content (AvgIpc) is 2.75. The van der Waals surface area contributed by atoms with Gasteiger partial charge in [0.25, 0.3) is 0 Å². The van der Waals surface area contributed by atoms with Gasteiger partial charge in [-0.1, -0.05) is 12.2 Å². The molecular formula is C13H16N4S2. The Bertz CT molecular complexity index is 580. The van der Waals surface area contributed by atoms with Crippen molar-refractivity contribution in [3.05, 3.63) is 39.7 Å². The molecule has 0 fully saturated rings. The van der Waals surface area contributed by atoms with E-state index < -0.39 is 0 Å². The molecule has 3 N–H and O–H groups in total. The summed E-state index contributed by atoms with van der Waals surface area (Å²) in [5.74, 6) is 0.649. The summed E-state index contributed by atoms with van der Waals surface area (Å²) < 4.78 is 0. The maximum absolute atomic E-state index is 5.67. The second kappa shape index (κ2) is 6.08. The number of rotatable bonds is 5. The first-order chi connectivity index (χ1) is 9.06. The molecule has 2 rings (SSSR count). The third kappa shape index (κ3) is 3.71. The van der Waals surface area contributed by atoms with E-state index in [1.54, 1.807) is 12.3 Å². The third-order valence-corrected chi connectivity index (χ3v) is 3.92. The monoisotopic (exact) mass is 292 g/mol. The van der Waals surface area contributed by atoms with Crippen molar-refractivity contribution in [2.24, 2.45) is 5.73 Å². The van der Waals surface area contributed by atoms with Crippen LogP contribution >= 0.6 is 23.6 Å². The highest BCUT2D eigenvalue weighted by atomic mass is 32.1. The molecular weight excluding hydrogens is 276 g/mol. The predicted molar refractivity (Wildman–Crippen MR) is 83.8 cm³/mol. The molecule has 0 spiro atoms. The van der Waals surface area contributed by atoms with Crippen molar-refractivity contribution in [1.29, 1.82) is 0 Å². The Kier molecular flexibility index (Phi) is 4.44. The maximum Gasteiger partial charge on any atom is 0.159 e. The van der Waals surface area contributed by atoms with Gasteiger partial charge in [0.15, 0.2) is 5.82 Å². The van der Waals surface area contributed by atoms with Crippen LogP contribution in [0.1, 0.15) is 22.2 Å². The number of nitrogens with zero attached hydrogens (tertiary/aromatic N) is 2. The number of thiocarbonyl (C=S) groups is 1. The van der Waals surface area contributed by atoms with E-state index in [4.69, 9.17) is 18.0 Å². The first-order valence-electron chi connectivity index (χ1n) is 5.99. The van der Waals surface area contributed by atoms with Crippen LogP contribution in [-0.2, 0) is 6.42 Å². The molecule has 0 saturated heterocycles. The second-order valence-electron chi connectivity index (χ2n) is 4.42. The minimum absolute atomic E-state index is 0.239. The molecule has 6 heteroatoms. The summed E-state index contributed by atoms with van der Waals surface area (Å²) in [5.41, 5.74) is 6.41. The first-order valence-corrected chi connectivity index (χ1v) is 7.22. The Labute approximate surface area is 122 Å². The molecule has 0 bridgehead atoms. The van der Waals surface area contributed by atoms with E-state index >= 15 is 0 Å². The fraction of sp³-hybridized carbons (Fsp3) is 0.308. The zero-order chi connectivity index (χ0) is 13.8. The molecule has 0 aliphatic heterocycles. The fourth-order valence-corrected chi connectivity index (χ4v) is 3.00. The van der Waals surface area contributed by atoms with Crippen LogP contribution in [0.25, 0.3) is 0 Å². The number of thiophene rings is 1. The number of aromatic nitrogens is 2. The van der Waals surface area contributed by atoms with Gasteiger partial charge in [-0.2, -0.15) is 5.10 Å². The summed E-state index contributed by atoms with van der Waals surface area (Å²) >= 11 is 6.82. The van der Waals surface area contributed by atoms with E-state index in [0.717, 1.165) is 12.0 Å². The zero-order valence-corrected chi connectivity index (χ0v) is 12.5. The Morgan fingerprint density at radius 3 is 2.89 bits per heavy atom. The molecule has 2 aromatic heterocycles. The van der Waals surface area contributed by atoms with E-state index in [0.29, 0.717) is 10.8 Å². The van der Waals surface area contributed by atoms with Gasteiger partial charge in [-0.25, -0.2) is 0 Å². The standard InChI is InChI=1S/C13H16N4S2/c1-8(7-10-4-3-9(2)19-10)16-13-11(12(14)18)5-6-15-17-13/h3-6,8H,7H2,1-2H3,(H2,14,18)(H,16,17). The van der Waals surface area contributed by atoms with Crippen LogP contribution < -0.4 is 11.1 Å². The molecule has 100 valence electrons. The lowest BCUT2D eigenvalue weighted by molar-refractivity contribution is 0.788. The maximum atomic E-state index is 5.67. The largest absolute Gasteiger partial charge is 0.389 e. The Morgan fingerprint density at radius 2 is 2.26 bits per heavy atom. The van der Waals surface area contributed by atoms with Gasteiger partial charge in [-0.15, -0.1) is 16.4 Å². The Balaban J connectivity index is 2.06. The van der Waals surface area contributed by atoms with Gasteiger partial charge in [0.2, 0.25) is 0 Å². The summed E-state index contributed by atoms with van der Waals surface area (Å²) in [6.07, 6.45) is 2.53. The first kappa shape index (κ1) is 13.9. The SMILES string of the molecule is Cc1ccc(CC(C)Nc2nnccc2C(N)=S)s1. The van der Waals surface area contributed by atoms with E-state index in [1.165, 1.54) is 9.75 Å². The summed E-state index contributed by atoms with van der Waals surface area (Å²) in [6, 6.07) is 6.31. The van der Waals surface area contributed by atoms with Crippen molar-refractivity contribution in [3.8, 4) is 0 Å². The number of nitrogens with two attached hydrogens (primary N) is 1. The van der Waals surface area contributed by atoms with Crippen LogP contribution in [0.15, 0.2) is 24.4 Å².